The minimum Gasteiger partial charge on any atom is -0.383 e. The summed E-state index contributed by atoms with van der Waals surface area (Å²) in [5.41, 5.74) is 0.120. The number of methoxy groups -OCH3 is 1. The van der Waals surface area contributed by atoms with Crippen molar-refractivity contribution in [2.45, 2.75) is 6.18 Å². The Balaban J connectivity index is 2.41. The van der Waals surface area contributed by atoms with Crippen LogP contribution in [0.15, 0.2) is 30.3 Å². The van der Waals surface area contributed by atoms with Gasteiger partial charge in [-0.15, -0.1) is 0 Å². The quantitative estimate of drug-likeness (QED) is 0.793. The Kier molecular flexibility index (Phi) is 5.88. The van der Waals surface area contributed by atoms with Gasteiger partial charge in [0.1, 0.15) is 0 Å². The Morgan fingerprint density at radius 3 is 2.44 bits per heavy atom. The van der Waals surface area contributed by atoms with E-state index in [0.29, 0.717) is 13.2 Å². The molecule has 0 spiro atoms. The van der Waals surface area contributed by atoms with Gasteiger partial charge in [0.05, 0.1) is 12.2 Å². The molecule has 0 amide bonds. The highest BCUT2D eigenvalue weighted by Gasteiger charge is 2.29. The Bertz CT molecular complexity index is 371. The Morgan fingerprint density at radius 2 is 1.89 bits per heavy atom. The molecule has 18 heavy (non-hydrogen) atoms. The lowest BCUT2D eigenvalue weighted by Crippen LogP contribution is -2.18. The van der Waals surface area contributed by atoms with Gasteiger partial charge in [0.2, 0.25) is 0 Å². The summed E-state index contributed by atoms with van der Waals surface area (Å²) in [7, 11) is 1.62. The number of rotatable bonds is 6. The van der Waals surface area contributed by atoms with Crippen LogP contribution in [0.3, 0.4) is 0 Å². The molecule has 2 nitrogen and oxygen atoms in total. The van der Waals surface area contributed by atoms with Crippen molar-refractivity contribution in [2.75, 3.05) is 26.8 Å². The van der Waals surface area contributed by atoms with Crippen LogP contribution in [0.4, 0.5) is 13.2 Å². The number of hydrogen-bond donors (Lipinski definition) is 1. The first-order chi connectivity index (χ1) is 8.54. The van der Waals surface area contributed by atoms with Crippen molar-refractivity contribution >= 4 is 6.08 Å². The summed E-state index contributed by atoms with van der Waals surface area (Å²) in [5, 5.41) is 3.10. The summed E-state index contributed by atoms with van der Waals surface area (Å²) >= 11 is 0. The van der Waals surface area contributed by atoms with Crippen LogP contribution >= 0.6 is 0 Å². The highest BCUT2D eigenvalue weighted by molar-refractivity contribution is 5.50. The normalized spacial score (nSPS) is 12.2. The van der Waals surface area contributed by atoms with Crippen molar-refractivity contribution in [2.24, 2.45) is 0 Å². The van der Waals surface area contributed by atoms with Crippen LogP contribution in [0.1, 0.15) is 11.1 Å². The predicted octanol–water partition coefficient (Wildman–Crippen LogP) is 2.95. The predicted molar refractivity (Wildman–Crippen MR) is 65.2 cm³/mol. The standard InChI is InChI=1S/C13H16F3NO/c1-18-10-9-17-8-2-3-11-4-6-12(7-5-11)13(14,15)16/h2-7,17H,8-10H2,1H3. The third-order valence-corrected chi connectivity index (χ3v) is 2.29. The maximum Gasteiger partial charge on any atom is 0.416 e. The fourth-order valence-electron chi connectivity index (χ4n) is 1.34. The third-order valence-electron chi connectivity index (χ3n) is 2.29. The Hall–Kier alpha value is -1.33. The first-order valence-corrected chi connectivity index (χ1v) is 5.57. The molecule has 0 saturated heterocycles. The molecule has 0 unspecified atom stereocenters. The zero-order valence-electron chi connectivity index (χ0n) is 10.1. The summed E-state index contributed by atoms with van der Waals surface area (Å²) in [6.45, 7) is 2.03. The Labute approximate surface area is 104 Å². The molecule has 0 aliphatic carbocycles. The van der Waals surface area contributed by atoms with Gasteiger partial charge in [-0.05, 0) is 17.7 Å². The molecule has 1 aromatic rings. The highest BCUT2D eigenvalue weighted by atomic mass is 19.4. The van der Waals surface area contributed by atoms with E-state index in [2.05, 4.69) is 5.32 Å². The molecule has 0 atom stereocenters. The third kappa shape index (κ3) is 5.33. The second-order valence-electron chi connectivity index (χ2n) is 3.72. The van der Waals surface area contributed by atoms with E-state index in [0.717, 1.165) is 24.2 Å². The number of nitrogens with one attached hydrogen (secondary N) is 1. The Morgan fingerprint density at radius 1 is 1.22 bits per heavy atom. The number of ether oxygens (including phenoxy) is 1. The molecular formula is C13H16F3NO. The molecule has 0 fully saturated rings. The molecule has 0 radical (unpaired) electrons. The molecule has 0 bridgehead atoms. The summed E-state index contributed by atoms with van der Waals surface area (Å²) in [6, 6.07) is 5.07. The smallest absolute Gasteiger partial charge is 0.383 e. The van der Waals surface area contributed by atoms with Gasteiger partial charge < -0.3 is 10.1 Å². The first-order valence-electron chi connectivity index (χ1n) is 5.57. The molecular weight excluding hydrogens is 243 g/mol. The van der Waals surface area contributed by atoms with Gasteiger partial charge in [0, 0.05) is 20.2 Å². The van der Waals surface area contributed by atoms with Crippen molar-refractivity contribution in [1.82, 2.24) is 5.32 Å². The zero-order valence-corrected chi connectivity index (χ0v) is 10.1. The van der Waals surface area contributed by atoms with Crippen LogP contribution in [0.25, 0.3) is 6.08 Å². The summed E-state index contributed by atoms with van der Waals surface area (Å²) in [6.07, 6.45) is -0.637. The van der Waals surface area contributed by atoms with Crippen molar-refractivity contribution in [3.8, 4) is 0 Å². The van der Waals surface area contributed by atoms with E-state index in [1.165, 1.54) is 12.1 Å². The number of hydrogen-bond acceptors (Lipinski definition) is 2. The van der Waals surface area contributed by atoms with E-state index in [4.69, 9.17) is 4.74 Å². The van der Waals surface area contributed by atoms with Crippen LogP contribution in [0.5, 0.6) is 0 Å². The van der Waals surface area contributed by atoms with E-state index in [1.54, 1.807) is 13.2 Å². The second-order valence-corrected chi connectivity index (χ2v) is 3.72. The lowest BCUT2D eigenvalue weighted by Gasteiger charge is -2.05. The van der Waals surface area contributed by atoms with Crippen LogP contribution in [-0.4, -0.2) is 26.8 Å². The average molecular weight is 259 g/mol. The lowest BCUT2D eigenvalue weighted by molar-refractivity contribution is -0.137. The maximum atomic E-state index is 12.3. The molecule has 0 aliphatic rings. The van der Waals surface area contributed by atoms with Gasteiger partial charge in [0.15, 0.2) is 0 Å². The van der Waals surface area contributed by atoms with E-state index < -0.39 is 11.7 Å². The summed E-state index contributed by atoms with van der Waals surface area (Å²) in [5.74, 6) is 0. The fourth-order valence-corrected chi connectivity index (χ4v) is 1.34. The zero-order chi connectivity index (χ0) is 13.4. The summed E-state index contributed by atoms with van der Waals surface area (Å²) in [4.78, 5) is 0. The minimum atomic E-state index is -4.27. The van der Waals surface area contributed by atoms with Crippen LogP contribution in [0.2, 0.25) is 0 Å². The SMILES string of the molecule is COCCNCC=Cc1ccc(C(F)(F)F)cc1. The van der Waals surface area contributed by atoms with E-state index in [9.17, 15) is 13.2 Å². The number of halogens is 3. The van der Waals surface area contributed by atoms with Gasteiger partial charge in [-0.2, -0.15) is 13.2 Å². The monoisotopic (exact) mass is 259 g/mol. The molecule has 0 heterocycles. The van der Waals surface area contributed by atoms with E-state index in [1.807, 2.05) is 6.08 Å². The fraction of sp³-hybridized carbons (Fsp3) is 0.385. The van der Waals surface area contributed by atoms with Crippen LogP contribution < -0.4 is 5.32 Å². The van der Waals surface area contributed by atoms with E-state index in [-0.39, 0.29) is 0 Å². The highest BCUT2D eigenvalue weighted by Crippen LogP contribution is 2.29. The maximum absolute atomic E-state index is 12.3. The van der Waals surface area contributed by atoms with Gasteiger partial charge >= 0.3 is 6.18 Å². The number of alkyl halides is 3. The molecule has 0 aromatic heterocycles. The largest absolute Gasteiger partial charge is 0.416 e. The topological polar surface area (TPSA) is 21.3 Å². The van der Waals surface area contributed by atoms with Crippen molar-refractivity contribution < 1.29 is 17.9 Å². The van der Waals surface area contributed by atoms with Gasteiger partial charge in [-0.3, -0.25) is 0 Å². The molecule has 1 rings (SSSR count). The second kappa shape index (κ2) is 7.18. The van der Waals surface area contributed by atoms with E-state index >= 15 is 0 Å². The van der Waals surface area contributed by atoms with Crippen molar-refractivity contribution in [3.05, 3.63) is 41.5 Å². The molecule has 0 aliphatic heterocycles. The number of benzene rings is 1. The van der Waals surface area contributed by atoms with Crippen LogP contribution in [-0.2, 0) is 10.9 Å². The minimum absolute atomic E-state index is 0.627. The summed E-state index contributed by atoms with van der Waals surface area (Å²) < 4.78 is 41.8. The van der Waals surface area contributed by atoms with Gasteiger partial charge in [-0.25, -0.2) is 0 Å². The molecule has 1 aromatic carbocycles. The van der Waals surface area contributed by atoms with Gasteiger partial charge in [-0.1, -0.05) is 24.3 Å². The lowest BCUT2D eigenvalue weighted by atomic mass is 10.1. The molecule has 1 N–H and O–H groups in total. The van der Waals surface area contributed by atoms with Gasteiger partial charge in [0.25, 0.3) is 0 Å². The first kappa shape index (κ1) is 14.7. The molecule has 0 saturated carbocycles. The molecule has 5 heteroatoms. The van der Waals surface area contributed by atoms with Crippen molar-refractivity contribution in [1.29, 1.82) is 0 Å². The average Bonchev–Trinajstić information content (AvgIpc) is 2.33. The molecule has 100 valence electrons. The van der Waals surface area contributed by atoms with Crippen molar-refractivity contribution in [3.63, 3.8) is 0 Å². The van der Waals surface area contributed by atoms with Crippen LogP contribution in [0, 0.1) is 0 Å².